The zero-order valence-corrected chi connectivity index (χ0v) is 10.9. The molecule has 0 amide bonds. The van der Waals surface area contributed by atoms with E-state index in [2.05, 4.69) is 65.1 Å². The Kier molecular flexibility index (Phi) is 2.08. The van der Waals surface area contributed by atoms with Crippen molar-refractivity contribution in [2.24, 2.45) is 0 Å². The Morgan fingerprint density at radius 3 is 2.50 bits per heavy atom. The van der Waals surface area contributed by atoms with Gasteiger partial charge in [-0.05, 0) is 59.6 Å². The highest BCUT2D eigenvalue weighted by Gasteiger charge is 2.07. The van der Waals surface area contributed by atoms with Gasteiger partial charge in [0.15, 0.2) is 0 Å². The molecule has 1 nitrogen and oxygen atoms in total. The summed E-state index contributed by atoms with van der Waals surface area (Å²) in [5.74, 6) is 0. The maximum Gasteiger partial charge on any atom is 0.0609 e. The van der Waals surface area contributed by atoms with Gasteiger partial charge in [0.2, 0.25) is 0 Å². The van der Waals surface area contributed by atoms with E-state index in [9.17, 15) is 0 Å². The summed E-state index contributed by atoms with van der Waals surface area (Å²) >= 11 is 3.61. The van der Waals surface area contributed by atoms with Crippen LogP contribution in [0.4, 0.5) is 0 Å². The molecule has 2 aromatic carbocycles. The Morgan fingerprint density at radius 2 is 1.69 bits per heavy atom. The van der Waals surface area contributed by atoms with Gasteiger partial charge in [0, 0.05) is 20.8 Å². The molecule has 0 saturated carbocycles. The number of benzene rings is 2. The average molecular weight is 274 g/mol. The number of nitrogens with one attached hydrogen (secondary N) is 1. The lowest BCUT2D eigenvalue weighted by atomic mass is 10.1. The van der Waals surface area contributed by atoms with Crippen LogP contribution < -0.4 is 0 Å². The molecule has 1 N–H and O–H groups in total. The molecular formula is C14H12BrN. The monoisotopic (exact) mass is 273 g/mol. The lowest BCUT2D eigenvalue weighted by Gasteiger charge is -1.97. The smallest absolute Gasteiger partial charge is 0.0609 e. The SMILES string of the molecule is Cc1ccc2[nH]c3c(Br)cc(C)cc3c2c1. The highest BCUT2D eigenvalue weighted by molar-refractivity contribution is 9.10. The fraction of sp³-hybridized carbons (Fsp3) is 0.143. The highest BCUT2D eigenvalue weighted by atomic mass is 79.9. The summed E-state index contributed by atoms with van der Waals surface area (Å²) in [6.07, 6.45) is 0. The first-order chi connectivity index (χ1) is 7.65. The molecule has 1 aromatic heterocycles. The maximum absolute atomic E-state index is 3.61. The molecule has 0 aliphatic carbocycles. The van der Waals surface area contributed by atoms with Crippen LogP contribution in [0.5, 0.6) is 0 Å². The van der Waals surface area contributed by atoms with E-state index in [4.69, 9.17) is 0 Å². The minimum atomic E-state index is 1.14. The normalized spacial score (nSPS) is 11.4. The summed E-state index contributed by atoms with van der Waals surface area (Å²) in [5, 5.41) is 2.60. The van der Waals surface area contributed by atoms with E-state index in [0.29, 0.717) is 0 Å². The van der Waals surface area contributed by atoms with E-state index in [1.807, 2.05) is 0 Å². The fourth-order valence-corrected chi connectivity index (χ4v) is 2.88. The second kappa shape index (κ2) is 3.36. The lowest BCUT2D eigenvalue weighted by Crippen LogP contribution is -1.75. The van der Waals surface area contributed by atoms with Crippen molar-refractivity contribution in [1.82, 2.24) is 4.98 Å². The minimum Gasteiger partial charge on any atom is -0.354 e. The largest absolute Gasteiger partial charge is 0.354 e. The molecule has 0 atom stereocenters. The summed E-state index contributed by atoms with van der Waals surface area (Å²) < 4.78 is 1.14. The number of aryl methyl sites for hydroxylation is 2. The number of fused-ring (bicyclic) bond motifs is 3. The van der Waals surface area contributed by atoms with Crippen LogP contribution in [0, 0.1) is 13.8 Å². The highest BCUT2D eigenvalue weighted by Crippen LogP contribution is 2.31. The van der Waals surface area contributed by atoms with Crippen molar-refractivity contribution in [3.05, 3.63) is 45.9 Å². The predicted molar refractivity (Wildman–Crippen MR) is 73.0 cm³/mol. The summed E-state index contributed by atoms with van der Waals surface area (Å²) in [7, 11) is 0. The zero-order valence-electron chi connectivity index (χ0n) is 9.26. The Hall–Kier alpha value is -1.28. The Labute approximate surface area is 103 Å². The second-order valence-corrected chi connectivity index (χ2v) is 5.20. The third-order valence-electron chi connectivity index (χ3n) is 2.96. The van der Waals surface area contributed by atoms with E-state index in [1.54, 1.807) is 0 Å². The molecule has 2 heteroatoms. The molecule has 0 spiro atoms. The number of aromatic amines is 1. The molecule has 16 heavy (non-hydrogen) atoms. The predicted octanol–water partition coefficient (Wildman–Crippen LogP) is 4.70. The van der Waals surface area contributed by atoms with E-state index < -0.39 is 0 Å². The zero-order chi connectivity index (χ0) is 11.3. The molecule has 80 valence electrons. The number of halogens is 1. The van der Waals surface area contributed by atoms with Crippen LogP contribution in [-0.2, 0) is 0 Å². The van der Waals surface area contributed by atoms with Crippen LogP contribution in [0.1, 0.15) is 11.1 Å². The molecular weight excluding hydrogens is 262 g/mol. The third kappa shape index (κ3) is 1.37. The summed E-state index contributed by atoms with van der Waals surface area (Å²) in [6.45, 7) is 4.25. The first kappa shape index (κ1) is 9.91. The molecule has 0 aliphatic rings. The first-order valence-electron chi connectivity index (χ1n) is 5.33. The summed E-state index contributed by atoms with van der Waals surface area (Å²) in [4.78, 5) is 3.45. The second-order valence-electron chi connectivity index (χ2n) is 4.34. The molecule has 3 rings (SSSR count). The van der Waals surface area contributed by atoms with Crippen LogP contribution in [0.15, 0.2) is 34.8 Å². The molecule has 0 fully saturated rings. The van der Waals surface area contributed by atoms with Crippen molar-refractivity contribution in [2.75, 3.05) is 0 Å². The quantitative estimate of drug-likeness (QED) is 0.611. The van der Waals surface area contributed by atoms with Gasteiger partial charge in [-0.25, -0.2) is 0 Å². The maximum atomic E-state index is 3.61. The van der Waals surface area contributed by atoms with Crippen molar-refractivity contribution in [3.8, 4) is 0 Å². The molecule has 0 radical (unpaired) electrons. The molecule has 0 bridgehead atoms. The van der Waals surface area contributed by atoms with Crippen LogP contribution in [0.3, 0.4) is 0 Å². The summed E-state index contributed by atoms with van der Waals surface area (Å²) in [6, 6.07) is 10.9. The topological polar surface area (TPSA) is 15.8 Å². The fourth-order valence-electron chi connectivity index (χ4n) is 2.21. The lowest BCUT2D eigenvalue weighted by molar-refractivity contribution is 1.46. The molecule has 0 aliphatic heterocycles. The van der Waals surface area contributed by atoms with Gasteiger partial charge in [-0.1, -0.05) is 11.6 Å². The van der Waals surface area contributed by atoms with Crippen molar-refractivity contribution in [3.63, 3.8) is 0 Å². The average Bonchev–Trinajstić information content (AvgIpc) is 2.57. The van der Waals surface area contributed by atoms with Gasteiger partial charge < -0.3 is 4.98 Å². The van der Waals surface area contributed by atoms with Gasteiger partial charge in [-0.2, -0.15) is 0 Å². The number of rotatable bonds is 0. The van der Waals surface area contributed by atoms with Gasteiger partial charge in [0.05, 0.1) is 5.52 Å². The van der Waals surface area contributed by atoms with Crippen LogP contribution in [-0.4, -0.2) is 4.98 Å². The van der Waals surface area contributed by atoms with Crippen molar-refractivity contribution < 1.29 is 0 Å². The third-order valence-corrected chi connectivity index (χ3v) is 3.58. The van der Waals surface area contributed by atoms with Crippen molar-refractivity contribution in [2.45, 2.75) is 13.8 Å². The number of hydrogen-bond donors (Lipinski definition) is 1. The Bertz CT molecular complexity index is 695. The Morgan fingerprint density at radius 1 is 0.938 bits per heavy atom. The van der Waals surface area contributed by atoms with E-state index in [-0.39, 0.29) is 0 Å². The first-order valence-corrected chi connectivity index (χ1v) is 6.12. The molecule has 0 saturated heterocycles. The van der Waals surface area contributed by atoms with Gasteiger partial charge in [0.25, 0.3) is 0 Å². The molecule has 0 unspecified atom stereocenters. The molecule has 1 heterocycles. The standard InChI is InChI=1S/C14H12BrN/c1-8-3-4-13-10(5-8)11-6-9(2)7-12(15)14(11)16-13/h3-7,16H,1-2H3. The van der Waals surface area contributed by atoms with Gasteiger partial charge >= 0.3 is 0 Å². The van der Waals surface area contributed by atoms with Crippen molar-refractivity contribution in [1.29, 1.82) is 0 Å². The number of H-pyrrole nitrogens is 1. The van der Waals surface area contributed by atoms with Crippen LogP contribution in [0.2, 0.25) is 0 Å². The van der Waals surface area contributed by atoms with Crippen molar-refractivity contribution >= 4 is 37.7 Å². The van der Waals surface area contributed by atoms with Gasteiger partial charge in [0.1, 0.15) is 0 Å². The Balaban J connectivity index is 2.57. The number of hydrogen-bond acceptors (Lipinski definition) is 0. The van der Waals surface area contributed by atoms with Gasteiger partial charge in [-0.3, -0.25) is 0 Å². The van der Waals surface area contributed by atoms with E-state index in [1.165, 1.54) is 32.9 Å². The van der Waals surface area contributed by atoms with Crippen LogP contribution in [0.25, 0.3) is 21.8 Å². The molecule has 3 aromatic rings. The van der Waals surface area contributed by atoms with Crippen LogP contribution >= 0.6 is 15.9 Å². The number of aromatic nitrogens is 1. The minimum absolute atomic E-state index is 1.14. The summed E-state index contributed by atoms with van der Waals surface area (Å²) in [5.41, 5.74) is 4.96. The van der Waals surface area contributed by atoms with Gasteiger partial charge in [-0.15, -0.1) is 0 Å². The van der Waals surface area contributed by atoms with E-state index >= 15 is 0 Å². The van der Waals surface area contributed by atoms with E-state index in [0.717, 1.165) is 4.47 Å².